The molecule has 3 aromatic carbocycles. The molecule has 1 heterocycles. The van der Waals surface area contributed by atoms with Crippen molar-refractivity contribution < 1.29 is 9.11 Å². The van der Waals surface area contributed by atoms with Crippen molar-refractivity contribution in [1.29, 1.82) is 0 Å². The molecule has 4 N–H and O–H groups in total. The van der Waals surface area contributed by atoms with Crippen LogP contribution in [0.1, 0.15) is 130 Å². The lowest BCUT2D eigenvalue weighted by Crippen LogP contribution is -2.27. The average molecular weight is 806 g/mol. The van der Waals surface area contributed by atoms with Gasteiger partial charge in [0.2, 0.25) is 0 Å². The van der Waals surface area contributed by atoms with E-state index in [2.05, 4.69) is 107 Å². The van der Waals surface area contributed by atoms with Crippen LogP contribution < -0.4 is 10.6 Å². The van der Waals surface area contributed by atoms with Crippen molar-refractivity contribution in [3.05, 3.63) is 124 Å². The molecule has 0 radical (unpaired) electrons. The summed E-state index contributed by atoms with van der Waals surface area (Å²) in [5.74, 6) is 1.58. The van der Waals surface area contributed by atoms with Gasteiger partial charge in [0.05, 0.1) is 0 Å². The summed E-state index contributed by atoms with van der Waals surface area (Å²) in [6, 6.07) is 21.4. The number of hydrogen-bond acceptors (Lipinski definition) is 6. The molecule has 4 nitrogen and oxygen atoms in total. The first-order valence-electron chi connectivity index (χ1n) is 20.2. The summed E-state index contributed by atoms with van der Waals surface area (Å²) in [6.45, 7) is 24.5. The molecular formula is C48H69ClN2O2S2. The molecular weight excluding hydrogens is 736 g/mol. The highest BCUT2D eigenvalue weighted by Crippen LogP contribution is 2.51. The monoisotopic (exact) mass is 804 g/mol. The first-order valence-corrected chi connectivity index (χ1v) is 22.5. The van der Waals surface area contributed by atoms with Crippen molar-refractivity contribution in [3.63, 3.8) is 0 Å². The summed E-state index contributed by atoms with van der Waals surface area (Å²) in [7, 11) is 0. The molecule has 55 heavy (non-hydrogen) atoms. The zero-order chi connectivity index (χ0) is 41.0. The second-order valence-electron chi connectivity index (χ2n) is 14.8. The zero-order valence-electron chi connectivity index (χ0n) is 35.2. The van der Waals surface area contributed by atoms with Gasteiger partial charge in [-0.1, -0.05) is 146 Å². The quantitative estimate of drug-likeness (QED) is 0.111. The lowest BCUT2D eigenvalue weighted by atomic mass is 9.76. The predicted octanol–water partition coefficient (Wildman–Crippen LogP) is 15.5. The number of halogens is 1. The van der Waals surface area contributed by atoms with E-state index in [1.165, 1.54) is 45.3 Å². The van der Waals surface area contributed by atoms with Gasteiger partial charge in [0, 0.05) is 39.9 Å². The van der Waals surface area contributed by atoms with E-state index in [1.807, 2.05) is 45.9 Å². The van der Waals surface area contributed by atoms with E-state index in [4.69, 9.17) is 26.4 Å². The molecule has 0 saturated carbocycles. The maximum Gasteiger partial charge on any atom is 0.0457 e. The highest BCUT2D eigenvalue weighted by molar-refractivity contribution is 7.93. The molecule has 0 spiro atoms. The summed E-state index contributed by atoms with van der Waals surface area (Å²) < 4.78 is 17.9. The highest BCUT2D eigenvalue weighted by Gasteiger charge is 2.41. The number of hydrogen-bond donors (Lipinski definition) is 3. The molecule has 0 bridgehead atoms. The first-order chi connectivity index (χ1) is 26.5. The summed E-state index contributed by atoms with van der Waals surface area (Å²) in [5.41, 5.74) is 15.5. The van der Waals surface area contributed by atoms with Crippen molar-refractivity contribution in [2.75, 3.05) is 23.0 Å². The van der Waals surface area contributed by atoms with Gasteiger partial charge < -0.3 is 19.7 Å². The zero-order valence-corrected chi connectivity index (χ0v) is 37.6. The Morgan fingerprint density at radius 1 is 0.891 bits per heavy atom. The van der Waals surface area contributed by atoms with Crippen LogP contribution in [-0.2, 0) is 5.41 Å². The minimum Gasteiger partial charge on any atom is -0.405 e. The molecule has 0 unspecified atom stereocenters. The van der Waals surface area contributed by atoms with E-state index >= 15 is 0 Å². The minimum absolute atomic E-state index is 0.0403. The Kier molecular flexibility index (Phi) is 21.7. The van der Waals surface area contributed by atoms with E-state index in [0.717, 1.165) is 109 Å². The van der Waals surface area contributed by atoms with Crippen molar-refractivity contribution in [2.24, 2.45) is 11.1 Å². The third-order valence-electron chi connectivity index (χ3n) is 10.4. The second kappa shape index (κ2) is 24.7. The van der Waals surface area contributed by atoms with Crippen LogP contribution >= 0.6 is 35.7 Å². The molecule has 1 aliphatic carbocycles. The van der Waals surface area contributed by atoms with Gasteiger partial charge >= 0.3 is 0 Å². The molecule has 1 aliphatic heterocycles. The number of nitrogens with zero attached hydrogens (tertiary/aromatic N) is 1. The van der Waals surface area contributed by atoms with Gasteiger partial charge in [0.25, 0.3) is 0 Å². The van der Waals surface area contributed by atoms with E-state index in [-0.39, 0.29) is 10.8 Å². The molecule has 5 rings (SSSR count). The fourth-order valence-electron chi connectivity index (χ4n) is 7.36. The van der Waals surface area contributed by atoms with Crippen molar-refractivity contribution in [3.8, 4) is 0 Å². The maximum absolute atomic E-state index is 9.11. The van der Waals surface area contributed by atoms with Crippen LogP contribution in [0.3, 0.4) is 0 Å². The van der Waals surface area contributed by atoms with Crippen molar-refractivity contribution in [2.45, 2.75) is 119 Å². The van der Waals surface area contributed by atoms with Crippen molar-refractivity contribution >= 4 is 63.8 Å². The Bertz CT molecular complexity index is 1770. The summed E-state index contributed by atoms with van der Waals surface area (Å²) in [4.78, 5) is 2.49. The van der Waals surface area contributed by atoms with E-state index in [0.29, 0.717) is 0 Å². The SMILES string of the molecule is C=C(c1ccccc1/C=C\N)C(C)(C)CCCCSO.CC.CC.CC1=C(Cl)/C(=C/C=C2\N(CCCCSO)c3ccc4ccccc4c3C2(C)C)CCC1. The number of rotatable bonds is 14. The van der Waals surface area contributed by atoms with Crippen LogP contribution in [0.5, 0.6) is 0 Å². The molecule has 0 saturated heterocycles. The molecule has 0 aromatic heterocycles. The van der Waals surface area contributed by atoms with Crippen LogP contribution in [0.4, 0.5) is 5.69 Å². The van der Waals surface area contributed by atoms with Crippen LogP contribution in [0.15, 0.2) is 107 Å². The van der Waals surface area contributed by atoms with Gasteiger partial charge in [0.15, 0.2) is 0 Å². The topological polar surface area (TPSA) is 69.7 Å². The fourth-order valence-corrected chi connectivity index (χ4v) is 8.27. The smallest absolute Gasteiger partial charge is 0.0457 e. The number of nitrogens with two attached hydrogens (primary N) is 1. The van der Waals surface area contributed by atoms with E-state index in [1.54, 1.807) is 6.20 Å². The Hall–Kier alpha value is -2.87. The summed E-state index contributed by atoms with van der Waals surface area (Å²) in [6.07, 6.45) is 16.6. The third kappa shape index (κ3) is 13.1. The maximum atomic E-state index is 9.11. The standard InChI is InChI=1S/C27H32ClNOS.C17H25NOS.2C2H6/c1-19-9-8-11-21(26(19)28)14-16-24-27(2,3)25-22-12-5-4-10-20(22)13-15-23(25)29(24)17-6-7-18-31-30;1-14(17(2,3)11-6-7-13-20-19)16-9-5-4-8-15(16)10-12-18;2*1-2/h4-5,10,12-16,30H,6-9,11,17-18H2,1-3H3;4-5,8-10,12,19H,1,6-7,11,13,18H2,2-3H3;2*1-2H3/b21-14+,24-16-;12-10-;;. The fraction of sp³-hybridized carbons (Fsp3) is 0.458. The molecule has 0 fully saturated rings. The van der Waals surface area contributed by atoms with Gasteiger partial charge in [-0.2, -0.15) is 0 Å². The molecule has 0 atom stereocenters. The predicted molar refractivity (Wildman–Crippen MR) is 251 cm³/mol. The van der Waals surface area contributed by atoms with Crippen LogP contribution in [0.25, 0.3) is 22.4 Å². The second-order valence-corrected chi connectivity index (χ2v) is 16.5. The normalized spacial score (nSPS) is 16.3. The molecule has 7 heteroatoms. The molecule has 2 aliphatic rings. The number of allylic oxidation sites excluding steroid dienone is 7. The van der Waals surface area contributed by atoms with E-state index in [9.17, 15) is 0 Å². The van der Waals surface area contributed by atoms with Gasteiger partial charge in [-0.3, -0.25) is 0 Å². The molecule has 0 amide bonds. The van der Waals surface area contributed by atoms with Gasteiger partial charge in [-0.05, 0) is 144 Å². The Balaban J connectivity index is 0.000000378. The highest BCUT2D eigenvalue weighted by atomic mass is 35.5. The third-order valence-corrected chi connectivity index (χ3v) is 11.9. The van der Waals surface area contributed by atoms with Crippen LogP contribution in [0.2, 0.25) is 0 Å². The largest absolute Gasteiger partial charge is 0.405 e. The average Bonchev–Trinajstić information content (AvgIpc) is 3.42. The van der Waals surface area contributed by atoms with Crippen LogP contribution in [0, 0.1) is 5.41 Å². The number of unbranched alkanes of at least 4 members (excludes halogenated alkanes) is 2. The molecule has 3 aromatic rings. The lowest BCUT2D eigenvalue weighted by Gasteiger charge is -2.28. The summed E-state index contributed by atoms with van der Waals surface area (Å²) in [5, 5.41) is 3.58. The lowest BCUT2D eigenvalue weighted by molar-refractivity contribution is 0.437. The first kappa shape index (κ1) is 48.3. The number of benzene rings is 3. The Labute approximate surface area is 348 Å². The van der Waals surface area contributed by atoms with Gasteiger partial charge in [-0.25, -0.2) is 0 Å². The van der Waals surface area contributed by atoms with Crippen LogP contribution in [-0.4, -0.2) is 27.2 Å². The number of fused-ring (bicyclic) bond motifs is 3. The van der Waals surface area contributed by atoms with Crippen molar-refractivity contribution in [1.82, 2.24) is 0 Å². The van der Waals surface area contributed by atoms with E-state index < -0.39 is 0 Å². The van der Waals surface area contributed by atoms with Gasteiger partial charge in [0.1, 0.15) is 0 Å². The minimum atomic E-state index is -0.0983. The Morgan fingerprint density at radius 2 is 1.53 bits per heavy atom. The molecule has 302 valence electrons. The number of anilines is 1. The van der Waals surface area contributed by atoms with Gasteiger partial charge in [-0.15, -0.1) is 0 Å². The summed E-state index contributed by atoms with van der Waals surface area (Å²) >= 11 is 8.51. The Morgan fingerprint density at radius 3 is 2.20 bits per heavy atom.